The lowest BCUT2D eigenvalue weighted by atomic mass is 9.73. The summed E-state index contributed by atoms with van der Waals surface area (Å²) in [6.07, 6.45) is 0.166. The number of amides is 1. The van der Waals surface area contributed by atoms with E-state index in [-0.39, 0.29) is 11.1 Å². The molecule has 0 saturated carbocycles. The molecule has 2 saturated heterocycles. The Morgan fingerprint density at radius 1 is 1.08 bits per heavy atom. The van der Waals surface area contributed by atoms with Gasteiger partial charge in [0.1, 0.15) is 11.4 Å². The fourth-order valence-corrected chi connectivity index (χ4v) is 5.85. The molecular formula is C28H35BClFN2O4. The summed E-state index contributed by atoms with van der Waals surface area (Å²) in [4.78, 5) is 17.1. The molecule has 3 aliphatic heterocycles. The minimum absolute atomic E-state index is 0.0179. The second-order valence-corrected chi connectivity index (χ2v) is 12.7. The maximum atomic E-state index is 15.4. The Balaban J connectivity index is 1.61. The standard InChI is InChI=1S/C28H35BClFN2O4/c1-25(2,3)35-24(34)32-13-14-33-21-15-20(31)23(30)22(29-36-26(4,5)27(6,7)37-29)19(21)16-28(33,17-32)18-11-9-8-10-12-18/h8-12,15H,13-14,16-17H2,1-7H3. The smallest absolute Gasteiger partial charge is 0.444 e. The summed E-state index contributed by atoms with van der Waals surface area (Å²) in [6, 6.07) is 11.6. The van der Waals surface area contributed by atoms with Crippen molar-refractivity contribution in [2.24, 2.45) is 0 Å². The topological polar surface area (TPSA) is 51.2 Å². The van der Waals surface area contributed by atoms with Crippen molar-refractivity contribution >= 4 is 36.0 Å². The molecule has 37 heavy (non-hydrogen) atoms. The zero-order chi connectivity index (χ0) is 27.0. The van der Waals surface area contributed by atoms with Crippen molar-refractivity contribution in [2.45, 2.75) is 77.2 Å². The van der Waals surface area contributed by atoms with Crippen molar-refractivity contribution in [1.29, 1.82) is 0 Å². The number of hydrogen-bond donors (Lipinski definition) is 0. The van der Waals surface area contributed by atoms with Gasteiger partial charge in [0.2, 0.25) is 0 Å². The molecule has 0 aliphatic carbocycles. The molecule has 3 heterocycles. The van der Waals surface area contributed by atoms with Gasteiger partial charge in [-0.3, -0.25) is 0 Å². The van der Waals surface area contributed by atoms with Crippen LogP contribution in [0.2, 0.25) is 5.02 Å². The van der Waals surface area contributed by atoms with E-state index in [4.69, 9.17) is 25.6 Å². The summed E-state index contributed by atoms with van der Waals surface area (Å²) in [5.41, 5.74) is 0.799. The number of piperazine rings is 1. The maximum Gasteiger partial charge on any atom is 0.496 e. The van der Waals surface area contributed by atoms with Gasteiger partial charge >= 0.3 is 13.2 Å². The summed E-state index contributed by atoms with van der Waals surface area (Å²) in [5.74, 6) is -0.511. The Hall–Kier alpha value is -2.29. The molecule has 0 spiro atoms. The van der Waals surface area contributed by atoms with Gasteiger partial charge in [-0.15, -0.1) is 0 Å². The molecule has 1 unspecified atom stereocenters. The van der Waals surface area contributed by atoms with Crippen LogP contribution >= 0.6 is 11.6 Å². The number of benzene rings is 2. The number of halogens is 2. The predicted molar refractivity (Wildman–Crippen MR) is 144 cm³/mol. The Kier molecular flexibility index (Phi) is 6.13. The lowest BCUT2D eigenvalue weighted by molar-refractivity contribution is 0.00578. The highest BCUT2D eigenvalue weighted by Gasteiger charge is 2.56. The van der Waals surface area contributed by atoms with E-state index in [1.54, 1.807) is 4.90 Å². The predicted octanol–water partition coefficient (Wildman–Crippen LogP) is 5.29. The van der Waals surface area contributed by atoms with Crippen LogP contribution in [0.15, 0.2) is 36.4 Å². The average Bonchev–Trinajstić information content (AvgIpc) is 3.23. The largest absolute Gasteiger partial charge is 0.496 e. The lowest BCUT2D eigenvalue weighted by Gasteiger charge is -2.48. The van der Waals surface area contributed by atoms with Crippen LogP contribution in [-0.2, 0) is 26.0 Å². The highest BCUT2D eigenvalue weighted by molar-refractivity contribution is 6.66. The van der Waals surface area contributed by atoms with Gasteiger partial charge in [-0.05, 0) is 65.7 Å². The van der Waals surface area contributed by atoms with Gasteiger partial charge in [-0.25, -0.2) is 9.18 Å². The van der Waals surface area contributed by atoms with Gasteiger partial charge in [-0.2, -0.15) is 0 Å². The molecule has 198 valence electrons. The number of ether oxygens (including phenoxy) is 1. The molecule has 1 amide bonds. The second kappa shape index (κ2) is 8.62. The van der Waals surface area contributed by atoms with Crippen molar-refractivity contribution in [1.82, 2.24) is 4.90 Å². The fourth-order valence-electron chi connectivity index (χ4n) is 5.59. The zero-order valence-corrected chi connectivity index (χ0v) is 23.4. The van der Waals surface area contributed by atoms with Crippen LogP contribution < -0.4 is 10.4 Å². The van der Waals surface area contributed by atoms with Crippen LogP contribution in [0, 0.1) is 5.82 Å². The highest BCUT2D eigenvalue weighted by atomic mass is 35.5. The molecule has 2 aromatic rings. The van der Waals surface area contributed by atoms with Crippen molar-refractivity contribution in [3.63, 3.8) is 0 Å². The molecule has 0 radical (unpaired) electrons. The Bertz CT molecular complexity index is 1220. The summed E-state index contributed by atoms with van der Waals surface area (Å²) < 4.78 is 33.8. The maximum absolute atomic E-state index is 15.4. The van der Waals surface area contributed by atoms with Crippen LogP contribution in [-0.4, -0.2) is 54.5 Å². The zero-order valence-electron chi connectivity index (χ0n) is 22.7. The number of carbonyl (C=O) groups excluding carboxylic acids is 1. The summed E-state index contributed by atoms with van der Waals surface area (Å²) in [7, 11) is -0.807. The first-order valence-electron chi connectivity index (χ1n) is 12.8. The molecule has 0 aromatic heterocycles. The van der Waals surface area contributed by atoms with Crippen LogP contribution in [0.3, 0.4) is 0 Å². The summed E-state index contributed by atoms with van der Waals surface area (Å²) in [5, 5.41) is 0.0179. The van der Waals surface area contributed by atoms with E-state index in [0.717, 1.165) is 16.8 Å². The molecular weight excluding hydrogens is 494 g/mol. The first kappa shape index (κ1) is 26.3. The summed E-state index contributed by atoms with van der Waals surface area (Å²) in [6.45, 7) is 14.8. The van der Waals surface area contributed by atoms with Crippen LogP contribution in [0.4, 0.5) is 14.9 Å². The van der Waals surface area contributed by atoms with Crippen molar-refractivity contribution in [2.75, 3.05) is 24.5 Å². The van der Waals surface area contributed by atoms with E-state index < -0.39 is 35.3 Å². The molecule has 5 rings (SSSR count). The third kappa shape index (κ3) is 4.31. The van der Waals surface area contributed by atoms with Gasteiger partial charge in [-0.1, -0.05) is 41.9 Å². The number of hydrogen-bond acceptors (Lipinski definition) is 5. The molecule has 9 heteroatoms. The highest BCUT2D eigenvalue weighted by Crippen LogP contribution is 2.49. The van der Waals surface area contributed by atoms with E-state index in [9.17, 15) is 4.79 Å². The number of nitrogens with zero attached hydrogens (tertiary/aromatic N) is 2. The van der Waals surface area contributed by atoms with E-state index >= 15 is 4.39 Å². The number of carbonyl (C=O) groups is 1. The van der Waals surface area contributed by atoms with Gasteiger partial charge in [0, 0.05) is 30.7 Å². The molecule has 2 aromatic carbocycles. The van der Waals surface area contributed by atoms with Crippen LogP contribution in [0.1, 0.15) is 59.6 Å². The normalized spacial score (nSPS) is 24.2. The van der Waals surface area contributed by atoms with Crippen LogP contribution in [0.5, 0.6) is 0 Å². The minimum atomic E-state index is -0.807. The monoisotopic (exact) mass is 528 g/mol. The number of rotatable bonds is 2. The Morgan fingerprint density at radius 2 is 1.70 bits per heavy atom. The fraction of sp³-hybridized carbons (Fsp3) is 0.536. The molecule has 1 atom stereocenters. The van der Waals surface area contributed by atoms with Gasteiger partial charge in [0.25, 0.3) is 0 Å². The minimum Gasteiger partial charge on any atom is -0.444 e. The Morgan fingerprint density at radius 3 is 2.30 bits per heavy atom. The first-order chi connectivity index (χ1) is 17.2. The van der Waals surface area contributed by atoms with Gasteiger partial charge < -0.3 is 23.8 Å². The second-order valence-electron chi connectivity index (χ2n) is 12.3. The van der Waals surface area contributed by atoms with E-state index in [0.29, 0.717) is 31.5 Å². The quantitative estimate of drug-likeness (QED) is 0.496. The van der Waals surface area contributed by atoms with E-state index in [2.05, 4.69) is 17.0 Å². The van der Waals surface area contributed by atoms with Crippen molar-refractivity contribution in [3.8, 4) is 0 Å². The molecule has 0 N–H and O–H groups in total. The summed E-state index contributed by atoms with van der Waals surface area (Å²) >= 11 is 6.65. The van der Waals surface area contributed by atoms with Gasteiger partial charge in [0.05, 0.1) is 28.3 Å². The average molecular weight is 529 g/mol. The SMILES string of the molecule is CC(C)(C)OC(=O)N1CCN2c3cc(F)c(Cl)c(B4OC(C)(C)C(C)(C)O4)c3CC2(c2ccccc2)C1. The van der Waals surface area contributed by atoms with Crippen molar-refractivity contribution in [3.05, 3.63) is 58.4 Å². The third-order valence-electron chi connectivity index (χ3n) is 8.12. The van der Waals surface area contributed by atoms with Crippen molar-refractivity contribution < 1.29 is 23.2 Å². The van der Waals surface area contributed by atoms with E-state index in [1.165, 1.54) is 6.07 Å². The molecule has 6 nitrogen and oxygen atoms in total. The van der Waals surface area contributed by atoms with E-state index in [1.807, 2.05) is 66.7 Å². The van der Waals surface area contributed by atoms with Crippen LogP contribution in [0.25, 0.3) is 0 Å². The Labute approximate surface area is 224 Å². The third-order valence-corrected chi connectivity index (χ3v) is 8.50. The molecule has 0 bridgehead atoms. The first-order valence-corrected chi connectivity index (χ1v) is 13.2. The number of anilines is 1. The molecule has 3 aliphatic rings. The number of fused-ring (bicyclic) bond motifs is 3. The molecule has 2 fully saturated rings. The lowest BCUT2D eigenvalue weighted by Crippen LogP contribution is -2.61. The van der Waals surface area contributed by atoms with Gasteiger partial charge in [0.15, 0.2) is 0 Å².